The summed E-state index contributed by atoms with van der Waals surface area (Å²) in [4.78, 5) is 11.6. The summed E-state index contributed by atoms with van der Waals surface area (Å²) in [5.74, 6) is -0.580. The minimum atomic E-state index is -1.06. The number of benzene rings is 3. The predicted molar refractivity (Wildman–Crippen MR) is 104 cm³/mol. The minimum Gasteiger partial charge on any atom is -0.478 e. The van der Waals surface area contributed by atoms with Gasteiger partial charge in [-0.25, -0.2) is 4.79 Å². The Morgan fingerprint density at radius 3 is 2.19 bits per heavy atom. The second-order valence-corrected chi connectivity index (χ2v) is 6.54. The molecular formula is C21H16Cl2O3. The molecule has 3 aromatic rings. The summed E-state index contributed by atoms with van der Waals surface area (Å²) in [6.07, 6.45) is -0.941. The van der Waals surface area contributed by atoms with E-state index in [9.17, 15) is 9.90 Å². The summed E-state index contributed by atoms with van der Waals surface area (Å²) < 4.78 is 5.66. The highest BCUT2D eigenvalue weighted by atomic mass is 35.5. The Kier molecular flexibility index (Phi) is 5.82. The molecule has 0 fully saturated rings. The maximum atomic E-state index is 11.6. The van der Waals surface area contributed by atoms with Crippen molar-refractivity contribution in [2.24, 2.45) is 0 Å². The molecule has 3 rings (SSSR count). The summed E-state index contributed by atoms with van der Waals surface area (Å²) in [5.41, 5.74) is 2.75. The molecular weight excluding hydrogens is 371 g/mol. The Labute approximate surface area is 161 Å². The predicted octanol–water partition coefficient (Wildman–Crippen LogP) is 5.74. The molecule has 0 aliphatic heterocycles. The van der Waals surface area contributed by atoms with Gasteiger partial charge in [0.1, 0.15) is 5.75 Å². The van der Waals surface area contributed by atoms with Crippen molar-refractivity contribution in [1.29, 1.82) is 0 Å². The van der Waals surface area contributed by atoms with Crippen LogP contribution >= 0.6 is 23.2 Å². The first kappa shape index (κ1) is 18.3. The third-order valence-corrected chi connectivity index (χ3v) is 4.81. The van der Waals surface area contributed by atoms with Crippen molar-refractivity contribution < 1.29 is 14.6 Å². The standard InChI is InChI=1S/C21H16Cl2O3/c22-18-8-4-7-16(20(18)23)13-19(21(24)25)26-17-11-9-15(10-12-17)14-5-2-1-3-6-14/h1-12,19H,13H2,(H,24,25)/t19-/m1/s1. The van der Waals surface area contributed by atoms with Crippen molar-refractivity contribution in [2.45, 2.75) is 12.5 Å². The number of carboxylic acid groups (broad SMARTS) is 1. The van der Waals surface area contributed by atoms with Crippen LogP contribution in [0.2, 0.25) is 10.0 Å². The number of halogens is 2. The summed E-state index contributed by atoms with van der Waals surface area (Å²) in [6.45, 7) is 0. The maximum absolute atomic E-state index is 11.6. The zero-order valence-electron chi connectivity index (χ0n) is 13.7. The van der Waals surface area contributed by atoms with E-state index >= 15 is 0 Å². The fraction of sp³-hybridized carbons (Fsp3) is 0.0952. The van der Waals surface area contributed by atoms with E-state index in [1.807, 2.05) is 42.5 Å². The lowest BCUT2D eigenvalue weighted by Crippen LogP contribution is -2.29. The summed E-state index contributed by atoms with van der Waals surface area (Å²) in [7, 11) is 0. The van der Waals surface area contributed by atoms with Crippen LogP contribution in [0.5, 0.6) is 5.75 Å². The van der Waals surface area contributed by atoms with E-state index in [2.05, 4.69) is 0 Å². The average molecular weight is 387 g/mol. The van der Waals surface area contributed by atoms with Crippen molar-refractivity contribution in [1.82, 2.24) is 0 Å². The second-order valence-electron chi connectivity index (χ2n) is 5.75. The van der Waals surface area contributed by atoms with E-state index in [0.717, 1.165) is 11.1 Å². The van der Waals surface area contributed by atoms with E-state index < -0.39 is 12.1 Å². The molecule has 0 saturated carbocycles. The lowest BCUT2D eigenvalue weighted by atomic mass is 10.1. The van der Waals surface area contributed by atoms with Gasteiger partial charge in [-0.05, 0) is 34.9 Å². The number of rotatable bonds is 6. The number of carboxylic acids is 1. The second kappa shape index (κ2) is 8.26. The van der Waals surface area contributed by atoms with Crippen LogP contribution in [-0.4, -0.2) is 17.2 Å². The first-order valence-electron chi connectivity index (χ1n) is 8.02. The SMILES string of the molecule is O=C(O)[C@@H](Cc1cccc(Cl)c1Cl)Oc1ccc(-c2ccccc2)cc1. The van der Waals surface area contributed by atoms with Gasteiger partial charge in [0, 0.05) is 6.42 Å². The van der Waals surface area contributed by atoms with E-state index in [1.165, 1.54) is 0 Å². The summed E-state index contributed by atoms with van der Waals surface area (Å²) >= 11 is 12.1. The van der Waals surface area contributed by atoms with Gasteiger partial charge in [-0.3, -0.25) is 0 Å². The van der Waals surface area contributed by atoms with Gasteiger partial charge in [0.05, 0.1) is 10.0 Å². The quantitative estimate of drug-likeness (QED) is 0.587. The Morgan fingerprint density at radius 1 is 0.885 bits per heavy atom. The fourth-order valence-corrected chi connectivity index (χ4v) is 3.00. The molecule has 132 valence electrons. The molecule has 0 aromatic heterocycles. The Bertz CT molecular complexity index is 893. The molecule has 3 aromatic carbocycles. The van der Waals surface area contributed by atoms with E-state index in [-0.39, 0.29) is 6.42 Å². The maximum Gasteiger partial charge on any atom is 0.345 e. The molecule has 0 saturated heterocycles. The van der Waals surface area contributed by atoms with Crippen LogP contribution in [0.25, 0.3) is 11.1 Å². The van der Waals surface area contributed by atoms with Gasteiger partial charge in [0.25, 0.3) is 0 Å². The molecule has 0 heterocycles. The molecule has 0 aliphatic carbocycles. The van der Waals surface area contributed by atoms with Crippen molar-refractivity contribution in [3.63, 3.8) is 0 Å². The van der Waals surface area contributed by atoms with Gasteiger partial charge in [-0.1, -0.05) is 77.8 Å². The first-order chi connectivity index (χ1) is 12.5. The number of carbonyl (C=O) groups is 1. The molecule has 1 atom stereocenters. The third kappa shape index (κ3) is 4.37. The van der Waals surface area contributed by atoms with Crippen molar-refractivity contribution in [3.05, 3.63) is 88.4 Å². The lowest BCUT2D eigenvalue weighted by Gasteiger charge is -2.16. The summed E-state index contributed by atoms with van der Waals surface area (Å²) in [5, 5.41) is 10.2. The van der Waals surface area contributed by atoms with Crippen LogP contribution in [0.4, 0.5) is 0 Å². The van der Waals surface area contributed by atoms with Crippen LogP contribution in [-0.2, 0) is 11.2 Å². The van der Waals surface area contributed by atoms with Gasteiger partial charge in [-0.15, -0.1) is 0 Å². The molecule has 5 heteroatoms. The highest BCUT2D eigenvalue weighted by Gasteiger charge is 2.22. The van der Waals surface area contributed by atoms with Crippen LogP contribution in [0.1, 0.15) is 5.56 Å². The van der Waals surface area contributed by atoms with Gasteiger partial charge >= 0.3 is 5.97 Å². The smallest absolute Gasteiger partial charge is 0.345 e. The monoisotopic (exact) mass is 386 g/mol. The highest BCUT2D eigenvalue weighted by Crippen LogP contribution is 2.28. The molecule has 26 heavy (non-hydrogen) atoms. The molecule has 0 aliphatic rings. The van der Waals surface area contributed by atoms with Crippen LogP contribution < -0.4 is 4.74 Å². The Morgan fingerprint density at radius 2 is 1.54 bits per heavy atom. The molecule has 0 radical (unpaired) electrons. The average Bonchev–Trinajstić information content (AvgIpc) is 2.66. The zero-order chi connectivity index (χ0) is 18.5. The van der Waals surface area contributed by atoms with Gasteiger partial charge in [0.2, 0.25) is 0 Å². The van der Waals surface area contributed by atoms with E-state index in [4.69, 9.17) is 27.9 Å². The molecule has 0 unspecified atom stereocenters. The number of hydrogen-bond acceptors (Lipinski definition) is 2. The largest absolute Gasteiger partial charge is 0.478 e. The zero-order valence-corrected chi connectivity index (χ0v) is 15.2. The van der Waals surface area contributed by atoms with Gasteiger partial charge < -0.3 is 9.84 Å². The first-order valence-corrected chi connectivity index (χ1v) is 8.78. The fourth-order valence-electron chi connectivity index (χ4n) is 2.61. The van der Waals surface area contributed by atoms with Crippen LogP contribution in [0.15, 0.2) is 72.8 Å². The highest BCUT2D eigenvalue weighted by molar-refractivity contribution is 6.42. The van der Waals surface area contributed by atoms with Gasteiger partial charge in [0.15, 0.2) is 6.10 Å². The number of hydrogen-bond donors (Lipinski definition) is 1. The number of aliphatic carboxylic acids is 1. The molecule has 0 amide bonds. The normalized spacial score (nSPS) is 11.8. The molecule has 0 spiro atoms. The Balaban J connectivity index is 1.76. The van der Waals surface area contributed by atoms with Crippen LogP contribution in [0.3, 0.4) is 0 Å². The van der Waals surface area contributed by atoms with E-state index in [1.54, 1.807) is 30.3 Å². The topological polar surface area (TPSA) is 46.5 Å². The van der Waals surface area contributed by atoms with Crippen molar-refractivity contribution in [3.8, 4) is 16.9 Å². The van der Waals surface area contributed by atoms with Gasteiger partial charge in [-0.2, -0.15) is 0 Å². The molecule has 1 N–H and O–H groups in total. The van der Waals surface area contributed by atoms with Crippen molar-refractivity contribution >= 4 is 29.2 Å². The summed E-state index contributed by atoms with van der Waals surface area (Å²) in [6, 6.07) is 22.4. The van der Waals surface area contributed by atoms with Crippen molar-refractivity contribution in [2.75, 3.05) is 0 Å². The number of ether oxygens (including phenoxy) is 1. The Hall–Kier alpha value is -2.49. The lowest BCUT2D eigenvalue weighted by molar-refractivity contribution is -0.145. The third-order valence-electron chi connectivity index (χ3n) is 3.95. The van der Waals surface area contributed by atoms with Crippen LogP contribution in [0, 0.1) is 0 Å². The van der Waals surface area contributed by atoms with E-state index in [0.29, 0.717) is 21.4 Å². The minimum absolute atomic E-state index is 0.120. The molecule has 0 bridgehead atoms. The molecule has 3 nitrogen and oxygen atoms in total.